The molecule has 0 fully saturated rings. The lowest BCUT2D eigenvalue weighted by molar-refractivity contribution is -0.384. The lowest BCUT2D eigenvalue weighted by Crippen LogP contribution is -2.00. The van der Waals surface area contributed by atoms with Crippen molar-refractivity contribution < 1.29 is 9.72 Å². The fourth-order valence-electron chi connectivity index (χ4n) is 4.32. The highest BCUT2D eigenvalue weighted by molar-refractivity contribution is 6.42. The summed E-state index contributed by atoms with van der Waals surface area (Å²) in [5, 5.41) is 17.5. The van der Waals surface area contributed by atoms with Crippen molar-refractivity contribution >= 4 is 67.0 Å². The molecule has 146 valence electrons. The van der Waals surface area contributed by atoms with Crippen LogP contribution in [0.5, 0.6) is 0 Å². The van der Waals surface area contributed by atoms with Crippen molar-refractivity contribution in [3.05, 3.63) is 86.4 Å². The first kappa shape index (κ1) is 18.8. The molecule has 0 spiro atoms. The molecule has 0 aliphatic heterocycles. The average molecular weight is 434 g/mol. The molecular weight excluding hydrogens is 421 g/mol. The largest absolute Gasteiger partial charge is 0.295 e. The van der Waals surface area contributed by atoms with E-state index in [4.69, 9.17) is 23.2 Å². The summed E-state index contributed by atoms with van der Waals surface area (Å²) in [5.74, 6) is -0.130. The Morgan fingerprint density at radius 2 is 1.57 bits per heavy atom. The van der Waals surface area contributed by atoms with Crippen molar-refractivity contribution in [1.82, 2.24) is 0 Å². The van der Waals surface area contributed by atoms with Crippen LogP contribution in [0.25, 0.3) is 43.4 Å². The molecule has 0 aromatic heterocycles. The van der Waals surface area contributed by atoms with E-state index in [1.54, 1.807) is 18.2 Å². The topological polar surface area (TPSA) is 60.2 Å². The maximum atomic E-state index is 12.6. The van der Waals surface area contributed by atoms with Gasteiger partial charge in [0.25, 0.3) is 5.69 Å². The van der Waals surface area contributed by atoms with E-state index < -0.39 is 4.92 Å². The van der Waals surface area contributed by atoms with Gasteiger partial charge in [-0.15, -0.1) is 0 Å². The van der Waals surface area contributed by atoms with E-state index in [9.17, 15) is 14.9 Å². The van der Waals surface area contributed by atoms with Gasteiger partial charge in [-0.3, -0.25) is 14.9 Å². The van der Waals surface area contributed by atoms with Crippen molar-refractivity contribution in [2.45, 2.75) is 6.92 Å². The van der Waals surface area contributed by atoms with Crippen molar-refractivity contribution in [2.75, 3.05) is 0 Å². The SMILES string of the molecule is CC(=O)c1cc(-c2cccc(Cl)c2[N+](=O)[O-])c2c(Cl)cc3cccc4ccc1c2c43. The van der Waals surface area contributed by atoms with Gasteiger partial charge in [0, 0.05) is 21.4 Å². The number of nitro benzene ring substituents is 1. The Morgan fingerprint density at radius 3 is 2.30 bits per heavy atom. The Bertz CT molecular complexity index is 1520. The smallest absolute Gasteiger partial charge is 0.294 e. The van der Waals surface area contributed by atoms with Crippen LogP contribution in [-0.4, -0.2) is 10.7 Å². The van der Waals surface area contributed by atoms with E-state index in [1.807, 2.05) is 36.4 Å². The highest BCUT2D eigenvalue weighted by Gasteiger charge is 2.25. The molecule has 0 radical (unpaired) electrons. The zero-order chi connectivity index (χ0) is 21.2. The van der Waals surface area contributed by atoms with Crippen LogP contribution in [0.2, 0.25) is 10.0 Å². The van der Waals surface area contributed by atoms with Crippen molar-refractivity contribution in [1.29, 1.82) is 0 Å². The average Bonchev–Trinajstić information content (AvgIpc) is 2.71. The molecule has 0 saturated carbocycles. The van der Waals surface area contributed by atoms with Crippen LogP contribution in [0.15, 0.2) is 60.7 Å². The van der Waals surface area contributed by atoms with Gasteiger partial charge in [-0.25, -0.2) is 0 Å². The second-order valence-corrected chi connectivity index (χ2v) is 8.04. The standard InChI is InChI=1S/C24H13Cl2NO3/c1-12(28)17-11-18(16-6-3-7-19(25)24(16)27(29)30)22-20(26)10-14-5-2-4-13-8-9-15(17)23(22)21(13)14/h2-11H,1H3. The number of hydrogen-bond donors (Lipinski definition) is 0. The van der Waals surface area contributed by atoms with Gasteiger partial charge in [-0.05, 0) is 58.3 Å². The number of carbonyl (C=O) groups excluding carboxylic acids is 1. The minimum Gasteiger partial charge on any atom is -0.294 e. The number of Topliss-reactive ketones (excluding diaryl/α,β-unsaturated/α-hetero) is 1. The first-order valence-electron chi connectivity index (χ1n) is 9.22. The quantitative estimate of drug-likeness (QED) is 0.127. The van der Waals surface area contributed by atoms with Crippen molar-refractivity contribution in [2.24, 2.45) is 0 Å². The number of nitrogens with zero attached hydrogens (tertiary/aromatic N) is 1. The predicted octanol–water partition coefficient (Wildman–Crippen LogP) is 7.67. The van der Waals surface area contributed by atoms with Crippen LogP contribution in [-0.2, 0) is 0 Å². The summed E-state index contributed by atoms with van der Waals surface area (Å²) in [6.07, 6.45) is 0. The lowest BCUT2D eigenvalue weighted by atomic mass is 9.86. The molecule has 5 rings (SSSR count). The minimum atomic E-state index is -0.503. The van der Waals surface area contributed by atoms with E-state index in [1.165, 1.54) is 13.0 Å². The number of halogens is 2. The van der Waals surface area contributed by atoms with E-state index in [0.29, 0.717) is 27.1 Å². The molecular formula is C24H13Cl2NO3. The van der Waals surface area contributed by atoms with Gasteiger partial charge >= 0.3 is 0 Å². The fraction of sp³-hybridized carbons (Fsp3) is 0.0417. The Hall–Kier alpha value is -3.21. The summed E-state index contributed by atoms with van der Waals surface area (Å²) < 4.78 is 0. The summed E-state index contributed by atoms with van der Waals surface area (Å²) in [6, 6.07) is 18.1. The van der Waals surface area contributed by atoms with E-state index in [2.05, 4.69) is 0 Å². The maximum Gasteiger partial charge on any atom is 0.295 e. The molecule has 5 aromatic rings. The normalized spacial score (nSPS) is 11.6. The van der Waals surface area contributed by atoms with E-state index in [0.717, 1.165) is 26.9 Å². The maximum absolute atomic E-state index is 12.6. The number of ketones is 1. The Morgan fingerprint density at radius 1 is 0.833 bits per heavy atom. The van der Waals surface area contributed by atoms with E-state index in [-0.39, 0.29) is 16.5 Å². The second kappa shape index (κ2) is 6.66. The molecule has 0 amide bonds. The molecule has 0 atom stereocenters. The molecule has 0 aliphatic carbocycles. The van der Waals surface area contributed by atoms with Gasteiger partial charge in [0.05, 0.1) is 10.5 Å². The molecule has 0 bridgehead atoms. The molecule has 0 unspecified atom stereocenters. The molecule has 0 N–H and O–H groups in total. The lowest BCUT2D eigenvalue weighted by Gasteiger charge is -2.18. The molecule has 4 nitrogen and oxygen atoms in total. The third-order valence-corrected chi connectivity index (χ3v) is 6.14. The van der Waals surface area contributed by atoms with Gasteiger partial charge in [-0.1, -0.05) is 59.6 Å². The van der Waals surface area contributed by atoms with Crippen LogP contribution in [0.4, 0.5) is 5.69 Å². The number of hydrogen-bond acceptors (Lipinski definition) is 3. The number of benzene rings is 5. The Balaban J connectivity index is 2.09. The first-order valence-corrected chi connectivity index (χ1v) is 9.98. The van der Waals surface area contributed by atoms with Gasteiger partial charge in [0.1, 0.15) is 5.02 Å². The Kier molecular flexibility index (Phi) is 4.17. The van der Waals surface area contributed by atoms with Crippen LogP contribution in [0, 0.1) is 10.1 Å². The van der Waals surface area contributed by atoms with Crippen LogP contribution >= 0.6 is 23.2 Å². The van der Waals surface area contributed by atoms with Crippen LogP contribution in [0.1, 0.15) is 17.3 Å². The summed E-state index contributed by atoms with van der Waals surface area (Å²) in [6.45, 7) is 1.49. The predicted molar refractivity (Wildman–Crippen MR) is 122 cm³/mol. The second-order valence-electron chi connectivity index (χ2n) is 7.22. The number of para-hydroxylation sites is 1. The summed E-state index contributed by atoms with van der Waals surface area (Å²) in [5.41, 5.74) is 1.13. The highest BCUT2D eigenvalue weighted by Crippen LogP contribution is 2.47. The van der Waals surface area contributed by atoms with Gasteiger partial charge in [0.2, 0.25) is 0 Å². The van der Waals surface area contributed by atoms with Gasteiger partial charge in [0.15, 0.2) is 5.78 Å². The summed E-state index contributed by atoms with van der Waals surface area (Å²) in [7, 11) is 0. The summed E-state index contributed by atoms with van der Waals surface area (Å²) in [4.78, 5) is 23.9. The number of rotatable bonds is 3. The number of carbonyl (C=O) groups is 1. The molecule has 6 heteroatoms. The Labute approximate surface area is 181 Å². The van der Waals surface area contributed by atoms with Gasteiger partial charge in [-0.2, -0.15) is 0 Å². The zero-order valence-corrected chi connectivity index (χ0v) is 17.2. The number of nitro groups is 1. The summed E-state index contributed by atoms with van der Waals surface area (Å²) >= 11 is 12.9. The van der Waals surface area contributed by atoms with Crippen molar-refractivity contribution in [3.8, 4) is 11.1 Å². The van der Waals surface area contributed by atoms with Crippen molar-refractivity contribution in [3.63, 3.8) is 0 Å². The zero-order valence-electron chi connectivity index (χ0n) is 15.7. The van der Waals surface area contributed by atoms with E-state index >= 15 is 0 Å². The molecule has 30 heavy (non-hydrogen) atoms. The molecule has 0 saturated heterocycles. The van der Waals surface area contributed by atoms with Crippen LogP contribution < -0.4 is 0 Å². The van der Waals surface area contributed by atoms with Crippen LogP contribution in [0.3, 0.4) is 0 Å². The van der Waals surface area contributed by atoms with Gasteiger partial charge < -0.3 is 0 Å². The first-order chi connectivity index (χ1) is 14.4. The monoisotopic (exact) mass is 433 g/mol. The molecule has 0 aliphatic rings. The molecule has 0 heterocycles. The third-order valence-electron chi connectivity index (χ3n) is 5.54. The minimum absolute atomic E-state index is 0.0312. The third kappa shape index (κ3) is 2.58. The molecule has 5 aromatic carbocycles. The highest BCUT2D eigenvalue weighted by atomic mass is 35.5. The fourth-order valence-corrected chi connectivity index (χ4v) is 4.88.